The van der Waals surface area contributed by atoms with Crippen molar-refractivity contribution in [2.45, 2.75) is 19.3 Å². The predicted octanol–water partition coefficient (Wildman–Crippen LogP) is 2.08. The summed E-state index contributed by atoms with van der Waals surface area (Å²) in [6.45, 7) is 4.55. The van der Waals surface area contributed by atoms with E-state index in [0.29, 0.717) is 0 Å². The van der Waals surface area contributed by atoms with Crippen molar-refractivity contribution >= 4 is 0 Å². The van der Waals surface area contributed by atoms with Gasteiger partial charge >= 0.3 is 0 Å². The second kappa shape index (κ2) is 4.38. The highest BCUT2D eigenvalue weighted by Gasteiger charge is 2.10. The number of hydrogen-bond donors (Lipinski definition) is 0. The first-order chi connectivity index (χ1) is 6.45. The van der Waals surface area contributed by atoms with Crippen LogP contribution in [0, 0.1) is 6.54 Å². The number of hydrogen-bond acceptors (Lipinski definition) is 2. The van der Waals surface area contributed by atoms with E-state index in [9.17, 15) is 0 Å². The summed E-state index contributed by atoms with van der Waals surface area (Å²) in [4.78, 5) is 6.64. The van der Waals surface area contributed by atoms with Crippen LogP contribution in [-0.2, 0) is 0 Å². The van der Waals surface area contributed by atoms with Crippen LogP contribution in [0.2, 0.25) is 0 Å². The Kier molecular flexibility index (Phi) is 2.93. The molecular weight excluding hydrogens is 160 g/mol. The molecule has 0 unspecified atom stereocenters. The van der Waals surface area contributed by atoms with E-state index in [-0.39, 0.29) is 0 Å². The number of pyridine rings is 1. The molecule has 1 aromatic heterocycles. The fraction of sp³-hybridized carbons (Fsp3) is 0.455. The van der Waals surface area contributed by atoms with Crippen molar-refractivity contribution < 1.29 is 0 Å². The van der Waals surface area contributed by atoms with Gasteiger partial charge in [-0.2, -0.15) is 0 Å². The number of nitrogens with zero attached hydrogens (tertiary/aromatic N) is 2. The van der Waals surface area contributed by atoms with Crippen molar-refractivity contribution in [2.75, 3.05) is 13.1 Å². The van der Waals surface area contributed by atoms with E-state index >= 15 is 0 Å². The van der Waals surface area contributed by atoms with Gasteiger partial charge in [0.25, 0.3) is 0 Å². The maximum absolute atomic E-state index is 4.28. The van der Waals surface area contributed by atoms with Gasteiger partial charge in [-0.05, 0) is 38.1 Å². The summed E-state index contributed by atoms with van der Waals surface area (Å²) in [5, 5.41) is 0. The Bertz CT molecular complexity index is 240. The molecule has 2 nitrogen and oxygen atoms in total. The van der Waals surface area contributed by atoms with Gasteiger partial charge in [0.05, 0.1) is 12.2 Å². The molecular formula is C11H15N2. The van der Waals surface area contributed by atoms with Gasteiger partial charge in [0.1, 0.15) is 0 Å². The lowest BCUT2D eigenvalue weighted by atomic mass is 10.1. The first-order valence-electron chi connectivity index (χ1n) is 4.95. The molecule has 0 spiro atoms. The molecule has 0 N–H and O–H groups in total. The Morgan fingerprint density at radius 1 is 1.15 bits per heavy atom. The van der Waals surface area contributed by atoms with E-state index in [1.54, 1.807) is 0 Å². The fourth-order valence-corrected chi connectivity index (χ4v) is 1.69. The normalized spacial score (nSPS) is 18.8. The van der Waals surface area contributed by atoms with Crippen molar-refractivity contribution in [3.63, 3.8) is 0 Å². The minimum Gasteiger partial charge on any atom is -0.293 e. The predicted molar refractivity (Wildman–Crippen MR) is 53.1 cm³/mol. The van der Waals surface area contributed by atoms with Gasteiger partial charge in [-0.3, -0.25) is 9.88 Å². The second-order valence-corrected chi connectivity index (χ2v) is 3.48. The summed E-state index contributed by atoms with van der Waals surface area (Å²) in [5.74, 6) is 0. The van der Waals surface area contributed by atoms with Crippen LogP contribution in [0.25, 0.3) is 0 Å². The SMILES string of the molecule is [CH](c1ccccn1)N1CCCCC1. The quantitative estimate of drug-likeness (QED) is 0.684. The van der Waals surface area contributed by atoms with Gasteiger partial charge in [0, 0.05) is 6.20 Å². The molecule has 1 radical (unpaired) electrons. The van der Waals surface area contributed by atoms with Gasteiger partial charge in [-0.25, -0.2) is 0 Å². The summed E-state index contributed by atoms with van der Waals surface area (Å²) in [5.41, 5.74) is 1.07. The highest BCUT2D eigenvalue weighted by Crippen LogP contribution is 2.12. The Hall–Kier alpha value is -0.890. The standard InChI is InChI=1S/C11H15N2/c1-4-8-13(9-5-1)10-11-6-2-3-7-12-11/h2-3,6-7,10H,1,4-5,8-9H2. The van der Waals surface area contributed by atoms with Gasteiger partial charge in [-0.1, -0.05) is 12.5 Å². The van der Waals surface area contributed by atoms with Gasteiger partial charge in [0.2, 0.25) is 0 Å². The number of rotatable bonds is 2. The number of aromatic nitrogens is 1. The van der Waals surface area contributed by atoms with E-state index in [1.165, 1.54) is 32.4 Å². The zero-order valence-corrected chi connectivity index (χ0v) is 7.82. The van der Waals surface area contributed by atoms with Crippen LogP contribution in [-0.4, -0.2) is 23.0 Å². The molecule has 0 aromatic carbocycles. The van der Waals surface area contributed by atoms with Crippen LogP contribution in [0.15, 0.2) is 24.4 Å². The summed E-state index contributed by atoms with van der Waals surface area (Å²) < 4.78 is 0. The topological polar surface area (TPSA) is 16.1 Å². The van der Waals surface area contributed by atoms with Crippen molar-refractivity contribution in [2.24, 2.45) is 0 Å². The van der Waals surface area contributed by atoms with Crippen molar-refractivity contribution in [3.8, 4) is 0 Å². The van der Waals surface area contributed by atoms with Gasteiger partial charge in [-0.15, -0.1) is 0 Å². The summed E-state index contributed by atoms with van der Waals surface area (Å²) in [6.07, 6.45) is 5.87. The van der Waals surface area contributed by atoms with E-state index in [2.05, 4.69) is 22.5 Å². The third-order valence-electron chi connectivity index (χ3n) is 2.39. The Balaban J connectivity index is 1.90. The molecule has 0 amide bonds. The van der Waals surface area contributed by atoms with Crippen LogP contribution in [0.5, 0.6) is 0 Å². The molecule has 0 bridgehead atoms. The van der Waals surface area contributed by atoms with Gasteiger partial charge in [0.15, 0.2) is 0 Å². The zero-order valence-electron chi connectivity index (χ0n) is 7.82. The third-order valence-corrected chi connectivity index (χ3v) is 2.39. The molecule has 1 aliphatic rings. The van der Waals surface area contributed by atoms with Crippen molar-refractivity contribution in [3.05, 3.63) is 36.6 Å². The van der Waals surface area contributed by atoms with Crippen molar-refractivity contribution in [1.82, 2.24) is 9.88 Å². The highest BCUT2D eigenvalue weighted by atomic mass is 15.1. The van der Waals surface area contributed by atoms with E-state index in [4.69, 9.17) is 0 Å². The van der Waals surface area contributed by atoms with Gasteiger partial charge < -0.3 is 0 Å². The average Bonchev–Trinajstić information content (AvgIpc) is 2.21. The third kappa shape index (κ3) is 2.52. The molecule has 0 saturated carbocycles. The molecule has 1 saturated heterocycles. The maximum Gasteiger partial charge on any atom is 0.0735 e. The van der Waals surface area contributed by atoms with E-state index in [1.807, 2.05) is 18.3 Å². The lowest BCUT2D eigenvalue weighted by Crippen LogP contribution is -2.27. The van der Waals surface area contributed by atoms with Crippen LogP contribution < -0.4 is 0 Å². The second-order valence-electron chi connectivity index (χ2n) is 3.48. The maximum atomic E-state index is 4.28. The van der Waals surface area contributed by atoms with E-state index < -0.39 is 0 Å². The summed E-state index contributed by atoms with van der Waals surface area (Å²) in [6, 6.07) is 6.03. The lowest BCUT2D eigenvalue weighted by Gasteiger charge is -2.25. The Labute approximate surface area is 79.6 Å². The lowest BCUT2D eigenvalue weighted by molar-refractivity contribution is 0.284. The first kappa shape index (κ1) is 8.70. The zero-order chi connectivity index (χ0) is 8.93. The first-order valence-corrected chi connectivity index (χ1v) is 4.95. The summed E-state index contributed by atoms with van der Waals surface area (Å²) >= 11 is 0. The fourth-order valence-electron chi connectivity index (χ4n) is 1.69. The molecule has 1 aromatic rings. The highest BCUT2D eigenvalue weighted by molar-refractivity contribution is 5.12. The molecule has 2 heterocycles. The molecule has 0 aliphatic carbocycles. The molecule has 2 rings (SSSR count). The smallest absolute Gasteiger partial charge is 0.0735 e. The largest absolute Gasteiger partial charge is 0.293 e. The minimum absolute atomic E-state index is 1.07. The van der Waals surface area contributed by atoms with Crippen molar-refractivity contribution in [1.29, 1.82) is 0 Å². The number of piperidine rings is 1. The number of likely N-dealkylation sites (tertiary alicyclic amines) is 1. The molecule has 13 heavy (non-hydrogen) atoms. The molecule has 0 atom stereocenters. The molecule has 2 heteroatoms. The van der Waals surface area contributed by atoms with E-state index in [0.717, 1.165) is 5.69 Å². The Morgan fingerprint density at radius 2 is 2.00 bits per heavy atom. The molecule has 69 valence electrons. The van der Waals surface area contributed by atoms with Crippen LogP contribution in [0.4, 0.5) is 0 Å². The minimum atomic E-state index is 1.07. The molecule has 1 fully saturated rings. The Morgan fingerprint density at radius 3 is 2.69 bits per heavy atom. The van der Waals surface area contributed by atoms with Crippen LogP contribution in [0.3, 0.4) is 0 Å². The molecule has 1 aliphatic heterocycles. The van der Waals surface area contributed by atoms with Crippen LogP contribution in [0.1, 0.15) is 25.0 Å². The average molecular weight is 175 g/mol. The van der Waals surface area contributed by atoms with Crippen LogP contribution >= 0.6 is 0 Å². The monoisotopic (exact) mass is 175 g/mol. The summed E-state index contributed by atoms with van der Waals surface area (Å²) in [7, 11) is 0.